The van der Waals surface area contributed by atoms with E-state index >= 15 is 0 Å². The normalized spacial score (nSPS) is 21.1. The Morgan fingerprint density at radius 2 is 2.00 bits per heavy atom. The van der Waals surface area contributed by atoms with Gasteiger partial charge in [0.2, 0.25) is 11.8 Å². The van der Waals surface area contributed by atoms with Gasteiger partial charge in [0.25, 0.3) is 0 Å². The van der Waals surface area contributed by atoms with Gasteiger partial charge in [-0.25, -0.2) is 0 Å². The molecule has 23 heavy (non-hydrogen) atoms. The predicted molar refractivity (Wildman–Crippen MR) is 80.1 cm³/mol. The Hall–Kier alpha value is -1.70. The zero-order chi connectivity index (χ0) is 16.6. The SMILES string of the molecule is O=C1Nc2cc(C(F)(F)F)ccc2SC1CC(=O)N1CCCC1. The van der Waals surface area contributed by atoms with Crippen LogP contribution in [-0.4, -0.2) is 35.1 Å². The Morgan fingerprint density at radius 1 is 1.30 bits per heavy atom. The zero-order valence-corrected chi connectivity index (χ0v) is 13.0. The number of amides is 2. The first-order valence-corrected chi connectivity index (χ1v) is 8.19. The number of hydrogen-bond donors (Lipinski definition) is 1. The van der Waals surface area contributed by atoms with Gasteiger partial charge in [-0.15, -0.1) is 11.8 Å². The molecule has 3 rings (SSSR count). The van der Waals surface area contributed by atoms with Crippen LogP contribution in [0.2, 0.25) is 0 Å². The minimum Gasteiger partial charge on any atom is -0.343 e. The third-order valence-electron chi connectivity index (χ3n) is 3.95. The van der Waals surface area contributed by atoms with E-state index in [2.05, 4.69) is 5.32 Å². The molecule has 1 N–H and O–H groups in total. The molecule has 2 aliphatic heterocycles. The molecule has 2 aliphatic rings. The van der Waals surface area contributed by atoms with Crippen LogP contribution in [0.3, 0.4) is 0 Å². The van der Waals surface area contributed by atoms with Gasteiger partial charge >= 0.3 is 6.18 Å². The van der Waals surface area contributed by atoms with Crippen molar-refractivity contribution in [3.63, 3.8) is 0 Å². The number of carbonyl (C=O) groups is 2. The van der Waals surface area contributed by atoms with Crippen molar-refractivity contribution in [2.24, 2.45) is 0 Å². The molecule has 2 amide bonds. The lowest BCUT2D eigenvalue weighted by Crippen LogP contribution is -2.36. The molecule has 0 aromatic heterocycles. The lowest BCUT2D eigenvalue weighted by molar-refractivity contribution is -0.137. The van der Waals surface area contributed by atoms with E-state index in [-0.39, 0.29) is 18.0 Å². The molecule has 124 valence electrons. The third kappa shape index (κ3) is 3.46. The summed E-state index contributed by atoms with van der Waals surface area (Å²) in [6, 6.07) is 3.26. The van der Waals surface area contributed by atoms with Crippen LogP contribution >= 0.6 is 11.8 Å². The van der Waals surface area contributed by atoms with Crippen LogP contribution in [0.5, 0.6) is 0 Å². The topological polar surface area (TPSA) is 49.4 Å². The van der Waals surface area contributed by atoms with Gasteiger partial charge in [-0.05, 0) is 31.0 Å². The van der Waals surface area contributed by atoms with Crippen molar-refractivity contribution < 1.29 is 22.8 Å². The number of benzene rings is 1. The number of thioether (sulfide) groups is 1. The van der Waals surface area contributed by atoms with Crippen LogP contribution in [0.4, 0.5) is 18.9 Å². The van der Waals surface area contributed by atoms with E-state index < -0.39 is 22.9 Å². The largest absolute Gasteiger partial charge is 0.416 e. The van der Waals surface area contributed by atoms with Crippen LogP contribution in [0.25, 0.3) is 0 Å². The van der Waals surface area contributed by atoms with Crippen molar-refractivity contribution >= 4 is 29.3 Å². The van der Waals surface area contributed by atoms with Gasteiger partial charge in [0, 0.05) is 24.4 Å². The van der Waals surface area contributed by atoms with Crippen LogP contribution in [0.1, 0.15) is 24.8 Å². The maximum absolute atomic E-state index is 12.7. The highest BCUT2D eigenvalue weighted by atomic mass is 32.2. The Bertz CT molecular complexity index is 642. The average Bonchev–Trinajstić information content (AvgIpc) is 3.00. The number of halogens is 3. The van der Waals surface area contributed by atoms with Crippen molar-refractivity contribution in [3.05, 3.63) is 23.8 Å². The fourth-order valence-corrected chi connectivity index (χ4v) is 3.80. The van der Waals surface area contributed by atoms with Gasteiger partial charge in [0.05, 0.1) is 16.5 Å². The second kappa shape index (κ2) is 6.07. The molecule has 0 spiro atoms. The minimum atomic E-state index is -4.45. The molecule has 0 radical (unpaired) electrons. The molecule has 0 saturated carbocycles. The molecule has 1 saturated heterocycles. The first-order valence-electron chi connectivity index (χ1n) is 7.31. The second-order valence-corrected chi connectivity index (χ2v) is 6.84. The third-order valence-corrected chi connectivity index (χ3v) is 5.22. The quantitative estimate of drug-likeness (QED) is 0.897. The smallest absolute Gasteiger partial charge is 0.343 e. The highest BCUT2D eigenvalue weighted by molar-refractivity contribution is 8.01. The number of carbonyl (C=O) groups excluding carboxylic acids is 2. The van der Waals surface area contributed by atoms with Crippen molar-refractivity contribution in [2.45, 2.75) is 35.6 Å². The summed E-state index contributed by atoms with van der Waals surface area (Å²) in [5, 5.41) is 1.88. The number of nitrogens with zero attached hydrogens (tertiary/aromatic N) is 1. The number of alkyl halides is 3. The second-order valence-electron chi connectivity index (χ2n) is 5.60. The summed E-state index contributed by atoms with van der Waals surface area (Å²) < 4.78 is 38.1. The van der Waals surface area contributed by atoms with Crippen LogP contribution in [0.15, 0.2) is 23.1 Å². The molecule has 1 fully saturated rings. The number of likely N-dealkylation sites (tertiary alicyclic amines) is 1. The summed E-state index contributed by atoms with van der Waals surface area (Å²) in [6.07, 6.45) is -2.44. The maximum Gasteiger partial charge on any atom is 0.416 e. The summed E-state index contributed by atoms with van der Waals surface area (Å²) in [5.74, 6) is -0.500. The molecular weight excluding hydrogens is 329 g/mol. The van der Waals surface area contributed by atoms with E-state index in [0.29, 0.717) is 18.0 Å². The Balaban J connectivity index is 1.73. The molecule has 2 heterocycles. The molecule has 4 nitrogen and oxygen atoms in total. The van der Waals surface area contributed by atoms with E-state index in [0.717, 1.165) is 36.7 Å². The van der Waals surface area contributed by atoms with Crippen LogP contribution in [-0.2, 0) is 15.8 Å². The molecular formula is C15H15F3N2O2S. The van der Waals surface area contributed by atoms with Crippen molar-refractivity contribution in [2.75, 3.05) is 18.4 Å². The van der Waals surface area contributed by atoms with Gasteiger partial charge < -0.3 is 10.2 Å². The fourth-order valence-electron chi connectivity index (χ4n) is 2.72. The Labute approximate surface area is 135 Å². The molecule has 1 aromatic carbocycles. The standard InChI is InChI=1S/C15H15F3N2O2S/c16-15(17,18)9-3-4-11-10(7-9)19-14(22)12(23-11)8-13(21)20-5-1-2-6-20/h3-4,7,12H,1-2,5-6,8H2,(H,19,22). The van der Waals surface area contributed by atoms with Crippen molar-refractivity contribution in [1.82, 2.24) is 4.90 Å². The number of anilines is 1. The van der Waals surface area contributed by atoms with Crippen LogP contribution in [0, 0.1) is 0 Å². The lowest BCUT2D eigenvalue weighted by Gasteiger charge is -2.26. The summed E-state index contributed by atoms with van der Waals surface area (Å²) in [7, 11) is 0. The van der Waals surface area contributed by atoms with Gasteiger partial charge in [-0.3, -0.25) is 9.59 Å². The van der Waals surface area contributed by atoms with Crippen molar-refractivity contribution in [1.29, 1.82) is 0 Å². The molecule has 8 heteroatoms. The summed E-state index contributed by atoms with van der Waals surface area (Å²) in [4.78, 5) is 26.5. The van der Waals surface area contributed by atoms with Gasteiger partial charge in [-0.2, -0.15) is 13.2 Å². The summed E-state index contributed by atoms with van der Waals surface area (Å²) >= 11 is 1.14. The highest BCUT2D eigenvalue weighted by Crippen LogP contribution is 2.40. The number of hydrogen-bond acceptors (Lipinski definition) is 3. The molecule has 0 aliphatic carbocycles. The average molecular weight is 344 g/mol. The lowest BCUT2D eigenvalue weighted by atomic mass is 10.1. The van der Waals surface area contributed by atoms with E-state index in [9.17, 15) is 22.8 Å². The van der Waals surface area contributed by atoms with Crippen molar-refractivity contribution in [3.8, 4) is 0 Å². The summed E-state index contributed by atoms with van der Waals surface area (Å²) in [5.41, 5.74) is -0.650. The first kappa shape index (κ1) is 16.2. The Morgan fingerprint density at radius 3 is 2.65 bits per heavy atom. The molecule has 0 bridgehead atoms. The zero-order valence-electron chi connectivity index (χ0n) is 12.2. The predicted octanol–water partition coefficient (Wildman–Crippen LogP) is 3.13. The van der Waals surface area contributed by atoms with E-state index in [4.69, 9.17) is 0 Å². The highest BCUT2D eigenvalue weighted by Gasteiger charge is 2.35. The van der Waals surface area contributed by atoms with Gasteiger partial charge in [0.15, 0.2) is 0 Å². The maximum atomic E-state index is 12.7. The molecule has 1 atom stereocenters. The number of nitrogens with one attached hydrogen (secondary N) is 1. The Kier molecular flexibility index (Phi) is 4.27. The van der Waals surface area contributed by atoms with Crippen LogP contribution < -0.4 is 5.32 Å². The number of fused-ring (bicyclic) bond motifs is 1. The summed E-state index contributed by atoms with van der Waals surface area (Å²) in [6.45, 7) is 1.42. The van der Waals surface area contributed by atoms with Gasteiger partial charge in [-0.1, -0.05) is 0 Å². The number of rotatable bonds is 2. The van der Waals surface area contributed by atoms with Gasteiger partial charge in [0.1, 0.15) is 0 Å². The molecule has 1 unspecified atom stereocenters. The van der Waals surface area contributed by atoms with E-state index in [1.54, 1.807) is 4.90 Å². The monoisotopic (exact) mass is 344 g/mol. The minimum absolute atomic E-state index is 0.0664. The fraction of sp³-hybridized carbons (Fsp3) is 0.467. The van der Waals surface area contributed by atoms with E-state index in [1.807, 2.05) is 0 Å². The first-order chi connectivity index (χ1) is 10.8. The van der Waals surface area contributed by atoms with E-state index in [1.165, 1.54) is 6.07 Å². The molecule has 1 aromatic rings.